The van der Waals surface area contributed by atoms with Gasteiger partial charge in [-0.05, 0) is 42.9 Å². The van der Waals surface area contributed by atoms with Crippen molar-refractivity contribution in [3.05, 3.63) is 29.1 Å². The molecule has 7 heteroatoms. The highest BCUT2D eigenvalue weighted by atomic mass is 127. The Morgan fingerprint density at radius 3 is 2.88 bits per heavy atom. The molecule has 0 bridgehead atoms. The van der Waals surface area contributed by atoms with E-state index in [1.165, 1.54) is 12.5 Å². The van der Waals surface area contributed by atoms with Crippen molar-refractivity contribution in [1.29, 1.82) is 0 Å². The highest BCUT2D eigenvalue weighted by Gasteiger charge is 2.30. The maximum Gasteiger partial charge on any atom is 0.193 e. The van der Waals surface area contributed by atoms with Gasteiger partial charge in [-0.2, -0.15) is 0 Å². The molecule has 0 amide bonds. The Bertz CT molecular complexity index is 652. The smallest absolute Gasteiger partial charge is 0.193 e. The predicted octanol–water partition coefficient (Wildman–Crippen LogP) is 3.55. The molecule has 2 aliphatic heterocycles. The van der Waals surface area contributed by atoms with Crippen LogP contribution in [0.5, 0.6) is 5.75 Å². The Morgan fingerprint density at radius 1 is 1.38 bits per heavy atom. The third kappa shape index (κ3) is 5.22. The largest absolute Gasteiger partial charge is 0.467 e. The molecule has 0 aromatic heterocycles. The van der Waals surface area contributed by atoms with Crippen LogP contribution in [0.25, 0.3) is 0 Å². The van der Waals surface area contributed by atoms with Crippen LogP contribution in [0.1, 0.15) is 38.3 Å². The van der Waals surface area contributed by atoms with E-state index in [0.29, 0.717) is 25.0 Å². The first-order valence-electron chi connectivity index (χ1n) is 9.03. The number of likely N-dealkylation sites (tertiary alicyclic amines) is 1. The SMILES string of the molecule is CCNC(=NCCc1cc(F)cc2c1OCOC2)N1CCC(C)(C)C1.I. The van der Waals surface area contributed by atoms with Crippen molar-refractivity contribution in [3.63, 3.8) is 0 Å². The summed E-state index contributed by atoms with van der Waals surface area (Å²) in [5.41, 5.74) is 1.96. The molecule has 2 aliphatic rings. The predicted molar refractivity (Wildman–Crippen MR) is 112 cm³/mol. The number of aliphatic imine (C=N–C) groups is 1. The van der Waals surface area contributed by atoms with E-state index in [1.807, 2.05) is 0 Å². The second-order valence-corrected chi connectivity index (χ2v) is 7.49. The average Bonchev–Trinajstić information content (AvgIpc) is 2.93. The maximum atomic E-state index is 13.8. The van der Waals surface area contributed by atoms with Crippen molar-refractivity contribution in [2.45, 2.75) is 40.2 Å². The van der Waals surface area contributed by atoms with E-state index in [1.54, 1.807) is 6.07 Å². The Hall–Kier alpha value is -1.09. The molecule has 5 nitrogen and oxygen atoms in total. The zero-order valence-electron chi connectivity index (χ0n) is 15.8. The van der Waals surface area contributed by atoms with Crippen molar-refractivity contribution in [3.8, 4) is 5.75 Å². The van der Waals surface area contributed by atoms with Gasteiger partial charge in [0.15, 0.2) is 12.8 Å². The first-order chi connectivity index (χ1) is 12.0. The minimum Gasteiger partial charge on any atom is -0.467 e. The summed E-state index contributed by atoms with van der Waals surface area (Å²) in [4.78, 5) is 7.07. The van der Waals surface area contributed by atoms with Crippen LogP contribution >= 0.6 is 24.0 Å². The lowest BCUT2D eigenvalue weighted by atomic mass is 9.93. The van der Waals surface area contributed by atoms with Crippen LogP contribution in [0.2, 0.25) is 0 Å². The third-order valence-corrected chi connectivity index (χ3v) is 4.71. The number of guanidine groups is 1. The molecule has 1 aromatic carbocycles. The van der Waals surface area contributed by atoms with Gasteiger partial charge in [0.1, 0.15) is 11.6 Å². The monoisotopic (exact) mass is 477 g/mol. The molecule has 0 spiro atoms. The van der Waals surface area contributed by atoms with Crippen molar-refractivity contribution < 1.29 is 13.9 Å². The van der Waals surface area contributed by atoms with Gasteiger partial charge in [0.05, 0.1) is 6.61 Å². The highest BCUT2D eigenvalue weighted by Crippen LogP contribution is 2.30. The molecule has 0 unspecified atom stereocenters. The van der Waals surface area contributed by atoms with E-state index in [9.17, 15) is 4.39 Å². The van der Waals surface area contributed by atoms with E-state index in [-0.39, 0.29) is 36.6 Å². The van der Waals surface area contributed by atoms with Crippen LogP contribution in [0, 0.1) is 11.2 Å². The second kappa shape index (κ2) is 9.21. The van der Waals surface area contributed by atoms with Crippen LogP contribution in [0.3, 0.4) is 0 Å². The van der Waals surface area contributed by atoms with Crippen molar-refractivity contribution in [2.75, 3.05) is 33.0 Å². The second-order valence-electron chi connectivity index (χ2n) is 7.49. The number of nitrogens with one attached hydrogen (secondary N) is 1. The Balaban J connectivity index is 0.00000243. The van der Waals surface area contributed by atoms with Crippen LogP contribution in [-0.2, 0) is 17.8 Å². The first-order valence-corrected chi connectivity index (χ1v) is 9.03. The van der Waals surface area contributed by atoms with Crippen LogP contribution in [-0.4, -0.2) is 43.8 Å². The molecule has 0 radical (unpaired) electrons. The number of halogens is 2. The quantitative estimate of drug-likeness (QED) is 0.410. The van der Waals surface area contributed by atoms with Gasteiger partial charge in [0, 0.05) is 31.7 Å². The lowest BCUT2D eigenvalue weighted by Gasteiger charge is -2.24. The van der Waals surface area contributed by atoms with E-state index < -0.39 is 0 Å². The molecule has 1 aromatic rings. The zero-order chi connectivity index (χ0) is 17.9. The molecule has 0 saturated carbocycles. The molecule has 2 heterocycles. The van der Waals surface area contributed by atoms with Crippen molar-refractivity contribution in [2.24, 2.45) is 10.4 Å². The fraction of sp³-hybridized carbons (Fsp3) is 0.632. The van der Waals surface area contributed by atoms with Gasteiger partial charge in [-0.25, -0.2) is 4.39 Å². The number of hydrogen-bond donors (Lipinski definition) is 1. The maximum absolute atomic E-state index is 13.8. The molecule has 1 fully saturated rings. The van der Waals surface area contributed by atoms with E-state index in [0.717, 1.165) is 42.5 Å². The van der Waals surface area contributed by atoms with Crippen LogP contribution in [0.4, 0.5) is 4.39 Å². The minimum absolute atomic E-state index is 0. The number of benzene rings is 1. The molecule has 26 heavy (non-hydrogen) atoms. The number of fused-ring (bicyclic) bond motifs is 1. The number of ether oxygens (including phenoxy) is 2. The normalized spacial score (nSPS) is 18.8. The van der Waals surface area contributed by atoms with Crippen LogP contribution in [0.15, 0.2) is 17.1 Å². The van der Waals surface area contributed by atoms with Gasteiger partial charge in [-0.1, -0.05) is 13.8 Å². The summed E-state index contributed by atoms with van der Waals surface area (Å²) in [6, 6.07) is 3.03. The van der Waals surface area contributed by atoms with Gasteiger partial charge < -0.3 is 19.7 Å². The summed E-state index contributed by atoms with van der Waals surface area (Å²) in [6.07, 6.45) is 1.81. The fourth-order valence-corrected chi connectivity index (χ4v) is 3.44. The van der Waals surface area contributed by atoms with Crippen molar-refractivity contribution >= 4 is 29.9 Å². The standard InChI is InChI=1S/C19H28FN3O2.HI/c1-4-21-18(23-8-6-19(2,3)12-23)22-7-5-14-9-16(20)10-15-11-24-13-25-17(14)15;/h9-10H,4-8,11-13H2,1-3H3,(H,21,22);1H. The zero-order valence-corrected chi connectivity index (χ0v) is 18.1. The van der Waals surface area contributed by atoms with Gasteiger partial charge in [0.2, 0.25) is 0 Å². The fourth-order valence-electron chi connectivity index (χ4n) is 3.44. The Morgan fingerprint density at radius 2 is 2.19 bits per heavy atom. The summed E-state index contributed by atoms with van der Waals surface area (Å²) in [6.45, 7) is 10.7. The van der Waals surface area contributed by atoms with E-state index in [4.69, 9.17) is 14.5 Å². The Kier molecular flexibility index (Phi) is 7.52. The third-order valence-electron chi connectivity index (χ3n) is 4.71. The Labute approximate surface area is 172 Å². The van der Waals surface area contributed by atoms with Gasteiger partial charge in [-0.15, -0.1) is 24.0 Å². The average molecular weight is 477 g/mol. The lowest BCUT2D eigenvalue weighted by molar-refractivity contribution is -0.0172. The summed E-state index contributed by atoms with van der Waals surface area (Å²) in [5, 5.41) is 3.37. The van der Waals surface area contributed by atoms with Gasteiger partial charge in [0.25, 0.3) is 0 Å². The van der Waals surface area contributed by atoms with E-state index in [2.05, 4.69) is 31.0 Å². The summed E-state index contributed by atoms with van der Waals surface area (Å²) >= 11 is 0. The summed E-state index contributed by atoms with van der Waals surface area (Å²) in [5.74, 6) is 1.46. The summed E-state index contributed by atoms with van der Waals surface area (Å²) < 4.78 is 24.6. The first kappa shape index (κ1) is 21.2. The summed E-state index contributed by atoms with van der Waals surface area (Å²) in [7, 11) is 0. The molecule has 1 N–H and O–H groups in total. The minimum atomic E-state index is -0.250. The lowest BCUT2D eigenvalue weighted by Crippen LogP contribution is -2.40. The van der Waals surface area contributed by atoms with Gasteiger partial charge >= 0.3 is 0 Å². The molecule has 146 valence electrons. The number of rotatable bonds is 4. The molecule has 0 atom stereocenters. The molecule has 3 rings (SSSR count). The molecular weight excluding hydrogens is 448 g/mol. The van der Waals surface area contributed by atoms with Gasteiger partial charge in [-0.3, -0.25) is 4.99 Å². The molecule has 1 saturated heterocycles. The molecule has 0 aliphatic carbocycles. The van der Waals surface area contributed by atoms with Crippen molar-refractivity contribution in [1.82, 2.24) is 10.2 Å². The highest BCUT2D eigenvalue weighted by molar-refractivity contribution is 14.0. The van der Waals surface area contributed by atoms with E-state index >= 15 is 0 Å². The number of nitrogens with zero attached hydrogens (tertiary/aromatic N) is 2. The number of hydrogen-bond acceptors (Lipinski definition) is 3. The topological polar surface area (TPSA) is 46.1 Å². The van der Waals surface area contributed by atoms with Crippen LogP contribution < -0.4 is 10.1 Å². The molecular formula is C19H29FIN3O2.